The maximum Gasteiger partial charge on any atom is 0.244 e. The fraction of sp³-hybridized carbons (Fsp3) is 0.867. The predicted octanol–water partition coefficient (Wildman–Crippen LogP) is 3.01. The van der Waals surface area contributed by atoms with E-state index in [-0.39, 0.29) is 12.1 Å². The van der Waals surface area contributed by atoms with Crippen LogP contribution in [0.5, 0.6) is 0 Å². The third kappa shape index (κ3) is 2.74. The first-order valence-electron chi connectivity index (χ1n) is 7.89. The van der Waals surface area contributed by atoms with Crippen LogP contribution in [-0.2, 0) is 4.74 Å². The van der Waals surface area contributed by atoms with Crippen molar-refractivity contribution in [2.24, 2.45) is 11.8 Å². The van der Waals surface area contributed by atoms with Gasteiger partial charge in [-0.1, -0.05) is 31.3 Å². The number of rotatable bonds is 4. The van der Waals surface area contributed by atoms with Crippen LogP contribution in [0.15, 0.2) is 4.52 Å². The summed E-state index contributed by atoms with van der Waals surface area (Å²) in [6.45, 7) is 3.25. The number of ether oxygens (including phenoxy) is 1. The van der Waals surface area contributed by atoms with Crippen molar-refractivity contribution in [2.75, 3.05) is 13.7 Å². The van der Waals surface area contributed by atoms with E-state index in [4.69, 9.17) is 9.26 Å². The molecule has 5 nitrogen and oxygen atoms in total. The minimum absolute atomic E-state index is 0.00971. The molecule has 1 saturated heterocycles. The highest BCUT2D eigenvalue weighted by Crippen LogP contribution is 2.36. The highest BCUT2D eigenvalue weighted by Gasteiger charge is 2.33. The van der Waals surface area contributed by atoms with E-state index in [2.05, 4.69) is 22.4 Å². The zero-order chi connectivity index (χ0) is 13.9. The molecule has 0 bridgehead atoms. The summed E-state index contributed by atoms with van der Waals surface area (Å²) in [6, 6.07) is 0.208. The van der Waals surface area contributed by atoms with Gasteiger partial charge in [-0.15, -0.1) is 0 Å². The molecule has 5 heteroatoms. The van der Waals surface area contributed by atoms with Crippen LogP contribution in [0, 0.1) is 11.8 Å². The minimum atomic E-state index is -0.00971. The lowest BCUT2D eigenvalue weighted by molar-refractivity contribution is 0.0273. The maximum atomic E-state index is 5.67. The third-order valence-corrected chi connectivity index (χ3v) is 4.84. The summed E-state index contributed by atoms with van der Waals surface area (Å²) < 4.78 is 11.2. The summed E-state index contributed by atoms with van der Waals surface area (Å²) in [5.74, 6) is 2.55. The van der Waals surface area contributed by atoms with Crippen molar-refractivity contribution in [3.05, 3.63) is 11.7 Å². The standard InChI is InChI=1S/C15H25N3O2/c1-10-8-9-16-12(10)15-17-14(18-20-15)13(19-2)11-6-4-3-5-7-11/h10-13,16H,3-9H2,1-2H3. The normalized spacial score (nSPS) is 29.7. The van der Waals surface area contributed by atoms with Crippen molar-refractivity contribution in [2.45, 2.75) is 57.6 Å². The largest absolute Gasteiger partial charge is 0.373 e. The molecule has 20 heavy (non-hydrogen) atoms. The van der Waals surface area contributed by atoms with E-state index < -0.39 is 0 Å². The lowest BCUT2D eigenvalue weighted by atomic mass is 9.85. The van der Waals surface area contributed by atoms with Gasteiger partial charge in [0.1, 0.15) is 6.10 Å². The average Bonchev–Trinajstić information content (AvgIpc) is 3.10. The van der Waals surface area contributed by atoms with E-state index in [0.29, 0.717) is 11.8 Å². The van der Waals surface area contributed by atoms with Gasteiger partial charge in [0.15, 0.2) is 0 Å². The molecule has 2 heterocycles. The van der Waals surface area contributed by atoms with Crippen molar-refractivity contribution < 1.29 is 9.26 Å². The van der Waals surface area contributed by atoms with Crippen molar-refractivity contribution in [1.82, 2.24) is 15.5 Å². The molecule has 1 aliphatic carbocycles. The number of nitrogens with zero attached hydrogens (tertiary/aromatic N) is 2. The highest BCUT2D eigenvalue weighted by molar-refractivity contribution is 5.01. The Labute approximate surface area is 120 Å². The SMILES string of the molecule is COC(c1noc(C2NCCC2C)n1)C1CCCCC1. The van der Waals surface area contributed by atoms with Crippen LogP contribution in [0.2, 0.25) is 0 Å². The molecule has 3 atom stereocenters. The topological polar surface area (TPSA) is 60.2 Å². The van der Waals surface area contributed by atoms with Crippen LogP contribution >= 0.6 is 0 Å². The number of nitrogens with one attached hydrogen (secondary N) is 1. The molecule has 1 saturated carbocycles. The van der Waals surface area contributed by atoms with Gasteiger partial charge in [0.2, 0.25) is 11.7 Å². The van der Waals surface area contributed by atoms with Gasteiger partial charge in [0, 0.05) is 7.11 Å². The second kappa shape index (κ2) is 6.22. The van der Waals surface area contributed by atoms with E-state index >= 15 is 0 Å². The van der Waals surface area contributed by atoms with Gasteiger partial charge in [0.05, 0.1) is 6.04 Å². The Morgan fingerprint density at radius 1 is 1.25 bits per heavy atom. The van der Waals surface area contributed by atoms with E-state index in [1.807, 2.05) is 0 Å². The predicted molar refractivity (Wildman–Crippen MR) is 75.1 cm³/mol. The Kier molecular flexibility index (Phi) is 4.36. The molecule has 112 valence electrons. The van der Waals surface area contributed by atoms with E-state index in [1.165, 1.54) is 38.5 Å². The molecule has 2 aliphatic rings. The maximum absolute atomic E-state index is 5.67. The van der Waals surface area contributed by atoms with Crippen molar-refractivity contribution in [3.63, 3.8) is 0 Å². The molecule has 1 aromatic rings. The number of hydrogen-bond donors (Lipinski definition) is 1. The Balaban J connectivity index is 1.73. The Morgan fingerprint density at radius 3 is 2.70 bits per heavy atom. The summed E-state index contributed by atoms with van der Waals surface area (Å²) in [5.41, 5.74) is 0. The molecule has 3 unspecified atom stereocenters. The second-order valence-corrected chi connectivity index (χ2v) is 6.24. The highest BCUT2D eigenvalue weighted by atomic mass is 16.5. The molecule has 0 spiro atoms. The molecule has 0 amide bonds. The Morgan fingerprint density at radius 2 is 2.05 bits per heavy atom. The zero-order valence-corrected chi connectivity index (χ0v) is 12.5. The van der Waals surface area contributed by atoms with E-state index in [0.717, 1.165) is 18.3 Å². The van der Waals surface area contributed by atoms with Crippen LogP contribution in [0.25, 0.3) is 0 Å². The smallest absolute Gasteiger partial charge is 0.244 e. The fourth-order valence-corrected chi connectivity index (χ4v) is 3.60. The van der Waals surface area contributed by atoms with Gasteiger partial charge in [-0.2, -0.15) is 4.98 Å². The van der Waals surface area contributed by atoms with Crippen LogP contribution in [0.4, 0.5) is 0 Å². The molecular formula is C15H25N3O2. The lowest BCUT2D eigenvalue weighted by Crippen LogP contribution is -2.20. The monoisotopic (exact) mass is 279 g/mol. The van der Waals surface area contributed by atoms with Crippen molar-refractivity contribution >= 4 is 0 Å². The summed E-state index contributed by atoms with van der Waals surface area (Å²) >= 11 is 0. The molecule has 1 aliphatic heterocycles. The zero-order valence-electron chi connectivity index (χ0n) is 12.5. The quantitative estimate of drug-likeness (QED) is 0.918. The minimum Gasteiger partial charge on any atom is -0.373 e. The first kappa shape index (κ1) is 14.0. The summed E-state index contributed by atoms with van der Waals surface area (Å²) in [7, 11) is 1.76. The molecule has 0 radical (unpaired) electrons. The molecule has 1 N–H and O–H groups in total. The first-order valence-corrected chi connectivity index (χ1v) is 7.89. The van der Waals surface area contributed by atoms with Gasteiger partial charge < -0.3 is 14.6 Å². The fourth-order valence-electron chi connectivity index (χ4n) is 3.60. The van der Waals surface area contributed by atoms with Crippen molar-refractivity contribution in [3.8, 4) is 0 Å². The third-order valence-electron chi connectivity index (χ3n) is 4.84. The molecule has 0 aromatic carbocycles. The van der Waals surface area contributed by atoms with Crippen LogP contribution in [0.1, 0.15) is 69.3 Å². The van der Waals surface area contributed by atoms with E-state index in [1.54, 1.807) is 7.11 Å². The molecular weight excluding hydrogens is 254 g/mol. The summed E-state index contributed by atoms with van der Waals surface area (Å²) in [4.78, 5) is 4.62. The second-order valence-electron chi connectivity index (χ2n) is 6.24. The first-order chi connectivity index (χ1) is 9.79. The van der Waals surface area contributed by atoms with E-state index in [9.17, 15) is 0 Å². The van der Waals surface area contributed by atoms with Crippen LogP contribution in [-0.4, -0.2) is 23.8 Å². The van der Waals surface area contributed by atoms with Gasteiger partial charge >= 0.3 is 0 Å². The van der Waals surface area contributed by atoms with Gasteiger partial charge in [0.25, 0.3) is 0 Å². The van der Waals surface area contributed by atoms with Gasteiger partial charge in [-0.3, -0.25) is 0 Å². The summed E-state index contributed by atoms with van der Waals surface area (Å²) in [6.07, 6.45) is 7.49. The average molecular weight is 279 g/mol. The Bertz CT molecular complexity index is 429. The van der Waals surface area contributed by atoms with Gasteiger partial charge in [-0.05, 0) is 37.6 Å². The summed E-state index contributed by atoms with van der Waals surface area (Å²) in [5, 5.41) is 7.63. The Hall–Kier alpha value is -0.940. The van der Waals surface area contributed by atoms with Crippen LogP contribution in [0.3, 0.4) is 0 Å². The lowest BCUT2D eigenvalue weighted by Gasteiger charge is -2.26. The molecule has 3 rings (SSSR count). The number of hydrogen-bond acceptors (Lipinski definition) is 5. The number of aromatic nitrogens is 2. The molecule has 1 aromatic heterocycles. The van der Waals surface area contributed by atoms with Gasteiger partial charge in [-0.25, -0.2) is 0 Å². The van der Waals surface area contributed by atoms with Crippen molar-refractivity contribution in [1.29, 1.82) is 0 Å². The molecule has 2 fully saturated rings. The number of methoxy groups -OCH3 is 1. The van der Waals surface area contributed by atoms with Crippen LogP contribution < -0.4 is 5.32 Å².